The third-order valence-electron chi connectivity index (χ3n) is 3.92. The minimum Gasteiger partial charge on any atom is -0.453 e. The minimum atomic E-state index is -0.475. The molecule has 0 aliphatic rings. The van der Waals surface area contributed by atoms with E-state index in [1.165, 1.54) is 25.7 Å². The Hall–Kier alpha value is -2.10. The second kappa shape index (κ2) is 9.13. The molecule has 0 saturated heterocycles. The zero-order valence-corrected chi connectivity index (χ0v) is 13.8. The van der Waals surface area contributed by atoms with E-state index in [1.54, 1.807) is 6.07 Å². The number of carbonyl (C=O) groups excluding carboxylic acids is 2. The fourth-order valence-electron chi connectivity index (χ4n) is 2.58. The Bertz CT molecular complexity index is 612. The van der Waals surface area contributed by atoms with Gasteiger partial charge in [0.2, 0.25) is 0 Å². The lowest BCUT2D eigenvalue weighted by atomic mass is 10.1. The molecule has 0 bridgehead atoms. The van der Waals surface area contributed by atoms with E-state index in [1.807, 2.05) is 24.3 Å². The van der Waals surface area contributed by atoms with Crippen molar-refractivity contribution in [2.24, 2.45) is 0 Å². The number of benzene rings is 1. The number of esters is 1. The molecule has 0 radical (unpaired) electrons. The van der Waals surface area contributed by atoms with E-state index >= 15 is 0 Å². The predicted octanol–water partition coefficient (Wildman–Crippen LogP) is 4.64. The Kier molecular flexibility index (Phi) is 6.85. The van der Waals surface area contributed by atoms with Gasteiger partial charge in [-0.15, -0.1) is 0 Å². The zero-order valence-electron chi connectivity index (χ0n) is 13.8. The topological polar surface area (TPSA) is 59.2 Å². The van der Waals surface area contributed by atoms with Gasteiger partial charge >= 0.3 is 5.97 Å². The maximum Gasteiger partial charge on any atom is 0.355 e. The third-order valence-corrected chi connectivity index (χ3v) is 3.92. The lowest BCUT2D eigenvalue weighted by Crippen LogP contribution is -2.14. The van der Waals surface area contributed by atoms with Crippen molar-refractivity contribution in [2.45, 2.75) is 51.9 Å². The number of hydrogen-bond acceptors (Lipinski definition) is 3. The number of Topliss-reactive ketones (excluding diaryl/α,β-unsaturated/α-hetero) is 1. The second-order valence-corrected chi connectivity index (χ2v) is 5.90. The van der Waals surface area contributed by atoms with Crippen LogP contribution < -0.4 is 0 Å². The van der Waals surface area contributed by atoms with Gasteiger partial charge in [0.1, 0.15) is 12.3 Å². The highest BCUT2D eigenvalue weighted by Crippen LogP contribution is 2.15. The Morgan fingerprint density at radius 2 is 1.78 bits per heavy atom. The molecule has 0 amide bonds. The van der Waals surface area contributed by atoms with Crippen LogP contribution in [0.15, 0.2) is 30.3 Å². The standard InChI is InChI=1S/C19H25NO3/c1-2-3-4-5-6-7-11-16(21)14-23-19(22)18-13-15-10-8-9-12-17(15)20-18/h8-10,12-13,20H,2-7,11,14H2,1H3/i18+1. The molecule has 2 aromatic rings. The molecule has 0 atom stereocenters. The summed E-state index contributed by atoms with van der Waals surface area (Å²) in [7, 11) is 0. The van der Waals surface area contributed by atoms with Crippen LogP contribution in [-0.4, -0.2) is 23.3 Å². The molecule has 2 rings (SSSR count). The molecule has 4 heteroatoms. The molecule has 23 heavy (non-hydrogen) atoms. The Morgan fingerprint density at radius 3 is 2.57 bits per heavy atom. The predicted molar refractivity (Wildman–Crippen MR) is 91.6 cm³/mol. The van der Waals surface area contributed by atoms with Crippen LogP contribution in [0.5, 0.6) is 0 Å². The number of fused-ring (bicyclic) bond motifs is 1. The molecule has 1 aromatic heterocycles. The molecular weight excluding hydrogens is 291 g/mol. The lowest BCUT2D eigenvalue weighted by molar-refractivity contribution is -0.122. The van der Waals surface area contributed by atoms with Crippen LogP contribution in [0.4, 0.5) is 0 Å². The molecule has 0 aliphatic heterocycles. The molecule has 124 valence electrons. The van der Waals surface area contributed by atoms with Crippen LogP contribution in [0.3, 0.4) is 0 Å². The third kappa shape index (κ3) is 5.55. The first kappa shape index (κ1) is 17.3. The molecule has 0 unspecified atom stereocenters. The highest BCUT2D eigenvalue weighted by molar-refractivity contribution is 5.95. The van der Waals surface area contributed by atoms with E-state index in [9.17, 15) is 9.59 Å². The Morgan fingerprint density at radius 1 is 1.04 bits per heavy atom. The summed E-state index contributed by atoms with van der Waals surface area (Å²) < 4.78 is 5.10. The van der Waals surface area contributed by atoms with Crippen molar-refractivity contribution in [3.8, 4) is 0 Å². The van der Waals surface area contributed by atoms with Crippen molar-refractivity contribution in [1.29, 1.82) is 0 Å². The number of nitrogens with one attached hydrogen (secondary N) is 1. The van der Waals surface area contributed by atoms with Gasteiger partial charge in [-0.1, -0.05) is 57.2 Å². The lowest BCUT2D eigenvalue weighted by Gasteiger charge is -2.03. The normalized spacial score (nSPS) is 10.8. The average molecular weight is 316 g/mol. The Labute approximate surface area is 137 Å². The molecule has 1 heterocycles. The first-order chi connectivity index (χ1) is 11.2. The second-order valence-electron chi connectivity index (χ2n) is 5.90. The number of rotatable bonds is 10. The van der Waals surface area contributed by atoms with E-state index in [0.29, 0.717) is 12.1 Å². The van der Waals surface area contributed by atoms with Gasteiger partial charge in [-0.3, -0.25) is 4.79 Å². The van der Waals surface area contributed by atoms with Crippen molar-refractivity contribution in [2.75, 3.05) is 6.61 Å². The number of aromatic nitrogens is 1. The Balaban J connectivity index is 1.68. The number of hydrogen-bond donors (Lipinski definition) is 1. The monoisotopic (exact) mass is 316 g/mol. The molecular formula is C19H25NO3. The summed E-state index contributed by atoms with van der Waals surface area (Å²) in [6, 6.07) is 9.38. The number of carbonyl (C=O) groups is 2. The first-order valence-electron chi connectivity index (χ1n) is 8.47. The fourth-order valence-corrected chi connectivity index (χ4v) is 2.58. The number of ether oxygens (including phenoxy) is 1. The van der Waals surface area contributed by atoms with Gasteiger partial charge in [0.05, 0.1) is 0 Å². The number of unbranched alkanes of at least 4 members (excludes halogenated alkanes) is 5. The SMILES string of the molecule is CCCCCCCCC(=O)COC(=O)[13c]1cc2ccccc2[nH]1. The van der Waals surface area contributed by atoms with Crippen LogP contribution in [0.1, 0.15) is 62.4 Å². The molecule has 0 spiro atoms. The van der Waals surface area contributed by atoms with Crippen molar-refractivity contribution in [1.82, 2.24) is 4.98 Å². The van der Waals surface area contributed by atoms with Crippen LogP contribution in [0.25, 0.3) is 10.9 Å². The van der Waals surface area contributed by atoms with Crippen LogP contribution in [0.2, 0.25) is 0 Å². The highest BCUT2D eigenvalue weighted by atomic mass is 16.5. The summed E-state index contributed by atoms with van der Waals surface area (Å²) in [5, 5.41) is 0.956. The smallest absolute Gasteiger partial charge is 0.355 e. The summed E-state index contributed by atoms with van der Waals surface area (Å²) in [6.07, 6.45) is 7.34. The van der Waals surface area contributed by atoms with Crippen LogP contribution >= 0.6 is 0 Å². The maximum atomic E-state index is 12.0. The van der Waals surface area contributed by atoms with Gasteiger partial charge in [0.15, 0.2) is 5.78 Å². The first-order valence-corrected chi connectivity index (χ1v) is 8.47. The van der Waals surface area contributed by atoms with E-state index in [2.05, 4.69) is 11.9 Å². The van der Waals surface area contributed by atoms with Gasteiger partial charge in [-0.25, -0.2) is 4.79 Å². The number of para-hydroxylation sites is 1. The van der Waals surface area contributed by atoms with E-state index in [-0.39, 0.29) is 12.4 Å². The van der Waals surface area contributed by atoms with E-state index in [0.717, 1.165) is 23.7 Å². The molecule has 0 aliphatic carbocycles. The van der Waals surface area contributed by atoms with E-state index < -0.39 is 5.97 Å². The molecule has 1 N–H and O–H groups in total. The molecule has 0 fully saturated rings. The summed E-state index contributed by atoms with van der Waals surface area (Å²) >= 11 is 0. The summed E-state index contributed by atoms with van der Waals surface area (Å²) in [5.41, 5.74) is 1.27. The highest BCUT2D eigenvalue weighted by Gasteiger charge is 2.12. The molecule has 0 saturated carbocycles. The van der Waals surface area contributed by atoms with Crippen molar-refractivity contribution in [3.63, 3.8) is 0 Å². The summed E-state index contributed by atoms with van der Waals surface area (Å²) in [6.45, 7) is 2.05. The van der Waals surface area contributed by atoms with Crippen LogP contribution in [-0.2, 0) is 9.53 Å². The van der Waals surface area contributed by atoms with Gasteiger partial charge in [0.25, 0.3) is 0 Å². The quantitative estimate of drug-likeness (QED) is 0.513. The summed E-state index contributed by atoms with van der Waals surface area (Å²) in [5.74, 6) is -0.484. The average Bonchev–Trinajstić information content (AvgIpc) is 3.00. The van der Waals surface area contributed by atoms with Crippen LogP contribution in [0, 0.1) is 0 Å². The number of ketones is 1. The van der Waals surface area contributed by atoms with Gasteiger partial charge in [0, 0.05) is 17.3 Å². The van der Waals surface area contributed by atoms with Crippen molar-refractivity contribution >= 4 is 22.7 Å². The molecule has 4 nitrogen and oxygen atoms in total. The van der Waals surface area contributed by atoms with Crippen molar-refractivity contribution < 1.29 is 14.3 Å². The van der Waals surface area contributed by atoms with Crippen molar-refractivity contribution in [3.05, 3.63) is 36.0 Å². The zero-order chi connectivity index (χ0) is 16.5. The maximum absolute atomic E-state index is 12.0. The molecule has 1 aromatic carbocycles. The fraction of sp³-hybridized carbons (Fsp3) is 0.474. The van der Waals surface area contributed by atoms with Gasteiger partial charge in [-0.2, -0.15) is 0 Å². The van der Waals surface area contributed by atoms with E-state index in [4.69, 9.17) is 4.74 Å². The largest absolute Gasteiger partial charge is 0.453 e. The van der Waals surface area contributed by atoms with Gasteiger partial charge in [-0.05, 0) is 18.6 Å². The van der Waals surface area contributed by atoms with Gasteiger partial charge < -0.3 is 9.72 Å². The summed E-state index contributed by atoms with van der Waals surface area (Å²) in [4.78, 5) is 26.7. The minimum absolute atomic E-state index is 0.00930. The number of aromatic amines is 1. The number of H-pyrrole nitrogens is 1.